The average Bonchev–Trinajstić information content (AvgIpc) is 2.21. The van der Waals surface area contributed by atoms with Gasteiger partial charge in [-0.3, -0.25) is 0 Å². The van der Waals surface area contributed by atoms with Crippen LogP contribution in [0.5, 0.6) is 0 Å². The van der Waals surface area contributed by atoms with Gasteiger partial charge in [0.2, 0.25) is 0 Å². The Kier molecular flexibility index (Phi) is 1.37. The monoisotopic (exact) mass is 103 g/mol. The molecule has 1 aliphatic heterocycles. The van der Waals surface area contributed by atoms with Gasteiger partial charge in [0.25, 0.3) is 0 Å². The molecule has 1 heterocycles. The molecule has 36 valence electrons. The molecule has 0 radical (unpaired) electrons. The Morgan fingerprint density at radius 1 is 2.00 bits per heavy atom. The minimum atomic E-state index is 0.815. The minimum absolute atomic E-state index is 0.815. The fourth-order valence-corrected chi connectivity index (χ4v) is 1.10. The van der Waals surface area contributed by atoms with Crippen molar-refractivity contribution >= 4 is 11.8 Å². The molecule has 0 aromatic carbocycles. The smallest absolute Gasteiger partial charge is 0.0659 e. The number of hydrogen-bond acceptors (Lipinski definition) is 2. The van der Waals surface area contributed by atoms with E-state index in [1.165, 1.54) is 12.3 Å². The molecule has 0 aromatic heterocycles. The summed E-state index contributed by atoms with van der Waals surface area (Å²) in [6.07, 6.45) is 0. The summed E-state index contributed by atoms with van der Waals surface area (Å²) in [5, 5.41) is 4.01. The molecule has 1 fully saturated rings. The average molecular weight is 103 g/mol. The maximum atomic E-state index is 3.20. The minimum Gasteiger partial charge on any atom is -0.302 e. The van der Waals surface area contributed by atoms with Crippen molar-refractivity contribution in [3.05, 3.63) is 0 Å². The maximum Gasteiger partial charge on any atom is 0.0659 e. The van der Waals surface area contributed by atoms with Gasteiger partial charge in [-0.05, 0) is 5.75 Å². The van der Waals surface area contributed by atoms with Crippen LogP contribution in [-0.2, 0) is 0 Å². The zero-order valence-electron chi connectivity index (χ0n) is 3.90. The van der Waals surface area contributed by atoms with Gasteiger partial charge in [0, 0.05) is 6.54 Å². The number of nitrogens with one attached hydrogen (secondary N) is 1. The van der Waals surface area contributed by atoms with Crippen LogP contribution in [0.3, 0.4) is 0 Å². The third-order valence-electron chi connectivity index (χ3n) is 0.739. The lowest BCUT2D eigenvalue weighted by molar-refractivity contribution is 1.30. The largest absolute Gasteiger partial charge is 0.302 e. The van der Waals surface area contributed by atoms with Gasteiger partial charge in [0.1, 0.15) is 0 Å². The molecule has 0 spiro atoms. The van der Waals surface area contributed by atoms with Gasteiger partial charge < -0.3 is 5.32 Å². The van der Waals surface area contributed by atoms with Crippen LogP contribution in [0.15, 0.2) is 0 Å². The summed E-state index contributed by atoms with van der Waals surface area (Å²) in [4.78, 5) is 0. The van der Waals surface area contributed by atoms with Crippen LogP contribution in [-0.4, -0.2) is 17.7 Å². The predicted molar refractivity (Wildman–Crippen MR) is 29.9 cm³/mol. The Labute approximate surface area is 42.5 Å². The Morgan fingerprint density at radius 3 is 2.83 bits per heavy atom. The predicted octanol–water partition coefficient (Wildman–Crippen LogP) is 0.669. The molecule has 1 unspecified atom stereocenters. The first-order valence-electron chi connectivity index (χ1n) is 2.28. The van der Waals surface area contributed by atoms with Crippen molar-refractivity contribution in [1.82, 2.24) is 5.32 Å². The van der Waals surface area contributed by atoms with E-state index in [1.807, 2.05) is 11.8 Å². The van der Waals surface area contributed by atoms with E-state index in [9.17, 15) is 0 Å². The lowest BCUT2D eigenvalue weighted by atomic mass is 11.0. The normalized spacial score (nSPS) is 30.5. The van der Waals surface area contributed by atoms with Crippen molar-refractivity contribution in [2.24, 2.45) is 0 Å². The fraction of sp³-hybridized carbons (Fsp3) is 1.00. The van der Waals surface area contributed by atoms with Crippen LogP contribution in [0.4, 0.5) is 0 Å². The molecule has 1 aliphatic rings. The zero-order chi connectivity index (χ0) is 4.41. The lowest BCUT2D eigenvalue weighted by Gasteiger charge is -1.82. The van der Waals surface area contributed by atoms with E-state index < -0.39 is 0 Å². The second-order valence-electron chi connectivity index (χ2n) is 1.35. The van der Waals surface area contributed by atoms with E-state index in [2.05, 4.69) is 12.2 Å². The molecule has 0 saturated carbocycles. The molecule has 1 atom stereocenters. The summed E-state index contributed by atoms with van der Waals surface area (Å²) in [5.74, 6) is 1.25. The van der Waals surface area contributed by atoms with E-state index in [4.69, 9.17) is 0 Å². The van der Waals surface area contributed by atoms with Crippen LogP contribution in [0, 0.1) is 0 Å². The van der Waals surface area contributed by atoms with E-state index in [0.29, 0.717) is 0 Å². The van der Waals surface area contributed by atoms with Crippen molar-refractivity contribution in [1.29, 1.82) is 0 Å². The molecular weight excluding hydrogens is 94.1 g/mol. The third-order valence-corrected chi connectivity index (χ3v) is 1.81. The van der Waals surface area contributed by atoms with Gasteiger partial charge in [0.05, 0.1) is 5.37 Å². The van der Waals surface area contributed by atoms with Crippen LogP contribution in [0.2, 0.25) is 0 Å². The number of hydrogen-bond donors (Lipinski definition) is 1. The molecule has 0 amide bonds. The Hall–Kier alpha value is 0.310. The number of thioether (sulfide) groups is 1. The summed E-state index contributed by atoms with van der Waals surface area (Å²) in [6.45, 7) is 3.42. The van der Waals surface area contributed by atoms with Crippen LogP contribution >= 0.6 is 11.8 Å². The van der Waals surface area contributed by atoms with E-state index >= 15 is 0 Å². The van der Waals surface area contributed by atoms with Crippen molar-refractivity contribution in [2.75, 3.05) is 12.3 Å². The molecule has 2 heteroatoms. The zero-order valence-corrected chi connectivity index (χ0v) is 4.72. The molecular formula is C4H9NS. The number of rotatable bonds is 2. The van der Waals surface area contributed by atoms with Crippen molar-refractivity contribution < 1.29 is 0 Å². The van der Waals surface area contributed by atoms with Gasteiger partial charge in [0.15, 0.2) is 0 Å². The summed E-state index contributed by atoms with van der Waals surface area (Å²) >= 11 is 1.99. The highest BCUT2D eigenvalue weighted by atomic mass is 32.2. The second-order valence-corrected chi connectivity index (χ2v) is 2.83. The molecule has 1 rings (SSSR count). The maximum absolute atomic E-state index is 3.20. The van der Waals surface area contributed by atoms with Gasteiger partial charge in [-0.2, -0.15) is 0 Å². The van der Waals surface area contributed by atoms with Crippen molar-refractivity contribution in [3.8, 4) is 0 Å². The standard InChI is InChI=1S/C4H9NS/c1-2-6-4-3-5-4/h4-5H,2-3H2,1H3. The first-order valence-corrected chi connectivity index (χ1v) is 3.33. The Morgan fingerprint density at radius 2 is 2.67 bits per heavy atom. The summed E-state index contributed by atoms with van der Waals surface area (Å²) < 4.78 is 0. The molecule has 6 heavy (non-hydrogen) atoms. The highest BCUT2D eigenvalue weighted by Gasteiger charge is 2.17. The molecule has 0 aromatic rings. The van der Waals surface area contributed by atoms with Crippen LogP contribution < -0.4 is 5.32 Å². The lowest BCUT2D eigenvalue weighted by Crippen LogP contribution is -1.79. The first kappa shape index (κ1) is 4.47. The van der Waals surface area contributed by atoms with Gasteiger partial charge in [-0.25, -0.2) is 0 Å². The highest BCUT2D eigenvalue weighted by Crippen LogP contribution is 2.13. The summed E-state index contributed by atoms with van der Waals surface area (Å²) in [5.41, 5.74) is 0. The SMILES string of the molecule is CCSC1CN1. The third kappa shape index (κ3) is 1.19. The van der Waals surface area contributed by atoms with Gasteiger partial charge in [-0.15, -0.1) is 11.8 Å². The second kappa shape index (κ2) is 1.85. The topological polar surface area (TPSA) is 21.9 Å². The van der Waals surface area contributed by atoms with Crippen LogP contribution in [0.1, 0.15) is 6.92 Å². The quantitative estimate of drug-likeness (QED) is 0.519. The van der Waals surface area contributed by atoms with E-state index in [-0.39, 0.29) is 0 Å². The van der Waals surface area contributed by atoms with Crippen molar-refractivity contribution in [2.45, 2.75) is 12.3 Å². The van der Waals surface area contributed by atoms with E-state index in [0.717, 1.165) is 5.37 Å². The highest BCUT2D eigenvalue weighted by molar-refractivity contribution is 8.00. The molecule has 0 bridgehead atoms. The molecule has 1 N–H and O–H groups in total. The Balaban J connectivity index is 1.88. The van der Waals surface area contributed by atoms with Gasteiger partial charge in [-0.1, -0.05) is 6.92 Å². The molecule has 0 aliphatic carbocycles. The molecule has 1 nitrogen and oxygen atoms in total. The first-order chi connectivity index (χ1) is 2.93. The fourth-order valence-electron chi connectivity index (χ4n) is 0.367. The Bertz CT molecular complexity index is 42.8. The van der Waals surface area contributed by atoms with Gasteiger partial charge >= 0.3 is 0 Å². The van der Waals surface area contributed by atoms with E-state index in [1.54, 1.807) is 0 Å². The van der Waals surface area contributed by atoms with Crippen molar-refractivity contribution in [3.63, 3.8) is 0 Å². The van der Waals surface area contributed by atoms with Crippen LogP contribution in [0.25, 0.3) is 0 Å². The molecule has 1 saturated heterocycles. The summed E-state index contributed by atoms with van der Waals surface area (Å²) in [7, 11) is 0. The summed E-state index contributed by atoms with van der Waals surface area (Å²) in [6, 6.07) is 0.